The van der Waals surface area contributed by atoms with Gasteiger partial charge in [-0.25, -0.2) is 42.1 Å². The van der Waals surface area contributed by atoms with Crippen molar-refractivity contribution in [3.05, 3.63) is 91.1 Å². The van der Waals surface area contributed by atoms with Gasteiger partial charge in [-0.3, -0.25) is 9.29 Å². The molecule has 0 aliphatic carbocycles. The van der Waals surface area contributed by atoms with E-state index in [1.54, 1.807) is 10.9 Å². The molecule has 0 atom stereocenters. The molecule has 0 saturated carbocycles. The summed E-state index contributed by atoms with van der Waals surface area (Å²) >= 11 is 0. The van der Waals surface area contributed by atoms with Crippen LogP contribution in [0.5, 0.6) is 5.75 Å². The fourth-order valence-corrected chi connectivity index (χ4v) is 5.05. The van der Waals surface area contributed by atoms with Crippen LogP contribution in [-0.2, 0) is 10.0 Å². The van der Waals surface area contributed by atoms with Gasteiger partial charge < -0.3 is 10.1 Å². The van der Waals surface area contributed by atoms with Crippen molar-refractivity contribution in [1.29, 1.82) is 0 Å². The second-order valence-corrected chi connectivity index (χ2v) is 10.1. The number of halogens is 2. The van der Waals surface area contributed by atoms with Crippen molar-refractivity contribution in [1.82, 2.24) is 29.5 Å². The number of anilines is 3. The maximum Gasteiger partial charge on any atom is 0.261 e. The smallest absolute Gasteiger partial charge is 0.261 e. The summed E-state index contributed by atoms with van der Waals surface area (Å²) in [6.07, 6.45) is 4.19. The number of hydrogen-bond donors (Lipinski definition) is 2. The second kappa shape index (κ2) is 9.81. The van der Waals surface area contributed by atoms with Crippen molar-refractivity contribution in [3.63, 3.8) is 0 Å². The molecule has 6 rings (SSSR count). The van der Waals surface area contributed by atoms with Gasteiger partial charge in [0.15, 0.2) is 11.6 Å². The number of methoxy groups -OCH3 is 1. The highest BCUT2D eigenvalue weighted by Crippen LogP contribution is 2.31. The predicted octanol–water partition coefficient (Wildman–Crippen LogP) is 4.59. The lowest BCUT2D eigenvalue weighted by Crippen LogP contribution is -2.15. The summed E-state index contributed by atoms with van der Waals surface area (Å²) in [5.74, 6) is -1.50. The van der Waals surface area contributed by atoms with Crippen LogP contribution in [0.25, 0.3) is 28.0 Å². The van der Waals surface area contributed by atoms with Crippen molar-refractivity contribution in [2.45, 2.75) is 4.90 Å². The van der Waals surface area contributed by atoms with E-state index in [-0.39, 0.29) is 22.2 Å². The van der Waals surface area contributed by atoms with Gasteiger partial charge in [0, 0.05) is 0 Å². The van der Waals surface area contributed by atoms with E-state index in [1.807, 2.05) is 24.3 Å². The maximum atomic E-state index is 15.5. The third-order valence-electron chi connectivity index (χ3n) is 5.98. The molecule has 0 spiro atoms. The fourth-order valence-electron chi connectivity index (χ4n) is 3.99. The van der Waals surface area contributed by atoms with Crippen LogP contribution in [0, 0.1) is 11.6 Å². The van der Waals surface area contributed by atoms with E-state index < -0.39 is 33.0 Å². The summed E-state index contributed by atoms with van der Waals surface area (Å²) in [6, 6.07) is 14.8. The lowest BCUT2D eigenvalue weighted by Gasteiger charge is -2.14. The van der Waals surface area contributed by atoms with Crippen molar-refractivity contribution in [2.75, 3.05) is 17.1 Å². The van der Waals surface area contributed by atoms with Gasteiger partial charge >= 0.3 is 0 Å². The highest BCUT2D eigenvalue weighted by Gasteiger charge is 2.22. The minimum absolute atomic E-state index is 0.0222. The molecule has 3 aromatic heterocycles. The lowest BCUT2D eigenvalue weighted by atomic mass is 10.2. The molecule has 40 heavy (non-hydrogen) atoms. The molecule has 0 aliphatic heterocycles. The summed E-state index contributed by atoms with van der Waals surface area (Å²) in [5, 5.41) is 2.61. The Morgan fingerprint density at radius 3 is 2.50 bits per heavy atom. The van der Waals surface area contributed by atoms with Crippen LogP contribution in [0.15, 0.2) is 84.4 Å². The Labute approximate surface area is 225 Å². The highest BCUT2D eigenvalue weighted by atomic mass is 32.2. The zero-order valence-corrected chi connectivity index (χ0v) is 21.4. The molecule has 3 heterocycles. The Kier molecular flexibility index (Phi) is 6.15. The molecule has 0 unspecified atom stereocenters. The Morgan fingerprint density at radius 1 is 0.900 bits per heavy atom. The number of benzene rings is 3. The molecule has 0 aliphatic rings. The van der Waals surface area contributed by atoms with E-state index in [0.717, 1.165) is 23.2 Å². The number of imidazole rings is 1. The zero-order valence-electron chi connectivity index (χ0n) is 20.6. The lowest BCUT2D eigenvalue weighted by molar-refractivity contribution is 0.414. The number of rotatable bonds is 7. The predicted molar refractivity (Wildman–Crippen MR) is 143 cm³/mol. The summed E-state index contributed by atoms with van der Waals surface area (Å²) < 4.78 is 64.9. The number of fused-ring (bicyclic) bond motifs is 2. The van der Waals surface area contributed by atoms with Crippen LogP contribution in [0.3, 0.4) is 0 Å². The molecule has 0 radical (unpaired) electrons. The Balaban J connectivity index is 1.37. The average molecular weight is 561 g/mol. The molecule has 0 bridgehead atoms. The Hall–Kier alpha value is -5.24. The molecular formula is C26H18F2N8O3S. The quantitative estimate of drug-likeness (QED) is 0.287. The fraction of sp³-hybridized carbons (Fsp3) is 0.0385. The van der Waals surface area contributed by atoms with Gasteiger partial charge in [0.2, 0.25) is 5.95 Å². The number of ether oxygens (including phenoxy) is 1. The normalized spacial score (nSPS) is 11.6. The second-order valence-electron chi connectivity index (χ2n) is 8.42. The average Bonchev–Trinajstić information content (AvgIpc) is 3.41. The number of para-hydroxylation sites is 2. The largest absolute Gasteiger partial charge is 0.497 e. The van der Waals surface area contributed by atoms with E-state index in [4.69, 9.17) is 4.74 Å². The van der Waals surface area contributed by atoms with E-state index >= 15 is 4.39 Å². The molecule has 0 fully saturated rings. The number of hydrogen-bond acceptors (Lipinski definition) is 9. The first-order valence-electron chi connectivity index (χ1n) is 11.7. The van der Waals surface area contributed by atoms with E-state index in [1.165, 1.54) is 43.9 Å². The standard InChI is InChI=1S/C26H18F2N8O3S/c1-39-15-6-8-16(9-7-15)40(37,38)35-19-11-10-17(27)23(22(19)28)33-25-24-20(30-13-31-25)12-29-26(34-24)36-14-32-18-4-2-3-5-21(18)36/h2-14,35H,1H3,(H,30,31,33). The number of aromatic nitrogens is 6. The third-order valence-corrected chi connectivity index (χ3v) is 7.36. The van der Waals surface area contributed by atoms with Gasteiger partial charge in [-0.2, -0.15) is 0 Å². The molecule has 3 aromatic carbocycles. The molecule has 0 saturated heterocycles. The SMILES string of the molecule is COc1ccc(S(=O)(=O)Nc2ccc(F)c(Nc3ncnc4cnc(-n5cnc6ccccc65)nc34)c2F)cc1. The number of nitrogens with zero attached hydrogens (tertiary/aromatic N) is 6. The number of sulfonamides is 1. The number of nitrogens with one attached hydrogen (secondary N) is 2. The van der Waals surface area contributed by atoms with Crippen molar-refractivity contribution < 1.29 is 21.9 Å². The first kappa shape index (κ1) is 25.1. The summed E-state index contributed by atoms with van der Waals surface area (Å²) in [6.45, 7) is 0. The molecule has 11 nitrogen and oxygen atoms in total. The van der Waals surface area contributed by atoms with Gasteiger partial charge in [-0.1, -0.05) is 12.1 Å². The van der Waals surface area contributed by atoms with Crippen LogP contribution < -0.4 is 14.8 Å². The molecule has 14 heteroatoms. The Bertz CT molecular complexity index is 2000. The molecule has 6 aromatic rings. The molecule has 200 valence electrons. The van der Waals surface area contributed by atoms with Crippen LogP contribution >= 0.6 is 0 Å². The van der Waals surface area contributed by atoms with Gasteiger partial charge in [-0.15, -0.1) is 0 Å². The molecule has 0 amide bonds. The van der Waals surface area contributed by atoms with Gasteiger partial charge in [0.1, 0.15) is 40.9 Å². The van der Waals surface area contributed by atoms with Gasteiger partial charge in [0.05, 0.1) is 34.9 Å². The first-order valence-corrected chi connectivity index (χ1v) is 13.1. The summed E-state index contributed by atoms with van der Waals surface area (Å²) in [7, 11) is -2.76. The highest BCUT2D eigenvalue weighted by molar-refractivity contribution is 7.92. The van der Waals surface area contributed by atoms with Crippen molar-refractivity contribution in [3.8, 4) is 11.7 Å². The van der Waals surface area contributed by atoms with E-state index in [9.17, 15) is 12.8 Å². The van der Waals surface area contributed by atoms with Gasteiger partial charge in [-0.05, 0) is 48.5 Å². The zero-order chi connectivity index (χ0) is 27.9. The summed E-state index contributed by atoms with van der Waals surface area (Å²) in [5.41, 5.74) is 0.853. The van der Waals surface area contributed by atoms with Gasteiger partial charge in [0.25, 0.3) is 10.0 Å². The minimum atomic E-state index is -4.20. The van der Waals surface area contributed by atoms with E-state index in [2.05, 4.69) is 35.0 Å². The molecular weight excluding hydrogens is 542 g/mol. The summed E-state index contributed by atoms with van der Waals surface area (Å²) in [4.78, 5) is 21.3. The first-order chi connectivity index (χ1) is 19.3. The maximum absolute atomic E-state index is 15.5. The minimum Gasteiger partial charge on any atom is -0.497 e. The Morgan fingerprint density at radius 2 is 1.70 bits per heavy atom. The topological polar surface area (TPSA) is 137 Å². The van der Waals surface area contributed by atoms with Crippen molar-refractivity contribution >= 4 is 49.3 Å². The van der Waals surface area contributed by atoms with Crippen LogP contribution in [-0.4, -0.2) is 45.0 Å². The third kappa shape index (κ3) is 4.49. The van der Waals surface area contributed by atoms with Crippen LogP contribution in [0.1, 0.15) is 0 Å². The monoisotopic (exact) mass is 560 g/mol. The van der Waals surface area contributed by atoms with Crippen LogP contribution in [0.2, 0.25) is 0 Å². The van der Waals surface area contributed by atoms with Crippen molar-refractivity contribution in [2.24, 2.45) is 0 Å². The molecule has 2 N–H and O–H groups in total. The van der Waals surface area contributed by atoms with E-state index in [0.29, 0.717) is 11.3 Å². The van der Waals surface area contributed by atoms with Crippen LogP contribution in [0.4, 0.5) is 26.0 Å².